The van der Waals surface area contributed by atoms with Crippen LogP contribution in [-0.2, 0) is 18.9 Å². The number of nitrogens with zero attached hydrogens (tertiary/aromatic N) is 2. The van der Waals surface area contributed by atoms with Gasteiger partial charge in [-0.25, -0.2) is 23.5 Å². The molecular weight excluding hydrogens is 587 g/mol. The predicted octanol–water partition coefficient (Wildman–Crippen LogP) is 3.41. The molecule has 0 saturated carbocycles. The van der Waals surface area contributed by atoms with Gasteiger partial charge in [0.1, 0.15) is 12.7 Å². The Labute approximate surface area is 253 Å². The van der Waals surface area contributed by atoms with Crippen LogP contribution in [-0.4, -0.2) is 51.2 Å². The molecule has 4 aromatic rings. The lowest BCUT2D eigenvalue weighted by atomic mass is 9.92. The Kier molecular flexibility index (Phi) is 8.99. The lowest BCUT2D eigenvalue weighted by molar-refractivity contribution is -0.0947. The van der Waals surface area contributed by atoms with Crippen molar-refractivity contribution in [1.82, 2.24) is 8.90 Å². The quantitative estimate of drug-likeness (QED) is 0.120. The third-order valence-electron chi connectivity index (χ3n) is 7.00. The molecule has 224 valence electrons. The number of carbonyl (C=O) groups excluding carboxylic acids is 3. The van der Waals surface area contributed by atoms with Gasteiger partial charge in [0.05, 0.1) is 16.7 Å². The van der Waals surface area contributed by atoms with E-state index in [2.05, 4.69) is 6.58 Å². The molecule has 5 atom stereocenters. The van der Waals surface area contributed by atoms with Gasteiger partial charge in [0.15, 0.2) is 12.3 Å². The zero-order chi connectivity index (χ0) is 31.3. The van der Waals surface area contributed by atoms with Crippen molar-refractivity contribution in [3.8, 4) is 0 Å². The van der Waals surface area contributed by atoms with Crippen molar-refractivity contribution < 1.29 is 33.3 Å². The number of hydrogen-bond acceptors (Lipinski definition) is 9. The van der Waals surface area contributed by atoms with Crippen LogP contribution in [0.25, 0.3) is 0 Å². The molecule has 1 aromatic heterocycles. The largest absolute Gasteiger partial charge is 0.459 e. The summed E-state index contributed by atoms with van der Waals surface area (Å²) in [4.78, 5) is 65.3. The van der Waals surface area contributed by atoms with Crippen LogP contribution in [0, 0.1) is 0 Å². The Balaban J connectivity index is 1.61. The lowest BCUT2D eigenvalue weighted by Crippen LogP contribution is -2.53. The van der Waals surface area contributed by atoms with Crippen LogP contribution < -0.4 is 11.2 Å². The smallest absolute Gasteiger partial charge is 0.339 e. The Morgan fingerprint density at radius 2 is 1.34 bits per heavy atom. The second-order valence-electron chi connectivity index (χ2n) is 9.71. The molecule has 2 heterocycles. The highest BCUT2D eigenvalue weighted by Crippen LogP contribution is 2.44. The minimum absolute atomic E-state index is 0.155. The van der Waals surface area contributed by atoms with Crippen LogP contribution in [0.2, 0.25) is 0 Å². The first kappa shape index (κ1) is 30.3. The van der Waals surface area contributed by atoms with Gasteiger partial charge < -0.3 is 18.9 Å². The van der Waals surface area contributed by atoms with Gasteiger partial charge in [-0.1, -0.05) is 61.2 Å². The molecular formula is C32H27N2O9P. The summed E-state index contributed by atoms with van der Waals surface area (Å²) in [6, 6.07) is 25.4. The fourth-order valence-corrected chi connectivity index (χ4v) is 4.99. The Bertz CT molecular complexity index is 1790. The zero-order valence-electron chi connectivity index (χ0n) is 23.2. The van der Waals surface area contributed by atoms with Gasteiger partial charge in [0.25, 0.3) is 5.56 Å². The number of benzene rings is 3. The molecule has 0 aliphatic carbocycles. The van der Waals surface area contributed by atoms with E-state index in [0.717, 1.165) is 15.0 Å². The molecule has 12 heteroatoms. The Hall–Kier alpha value is -5.12. The van der Waals surface area contributed by atoms with Crippen LogP contribution in [0.5, 0.6) is 0 Å². The summed E-state index contributed by atoms with van der Waals surface area (Å²) in [5, 5.41) is 0. The van der Waals surface area contributed by atoms with Gasteiger partial charge in [-0.2, -0.15) is 0 Å². The van der Waals surface area contributed by atoms with Crippen LogP contribution in [0.15, 0.2) is 126 Å². The summed E-state index contributed by atoms with van der Waals surface area (Å²) in [6.07, 6.45) is -1.89. The average molecular weight is 615 g/mol. The standard InChI is InChI=1S/C32H27N2O9P/c1-2-32(43-29(38)23-16-10-5-11-17-23)26(42-28(37)22-14-8-4-9-15-22)24(20-40-27(36)21-12-6-3-7-13-21)41-30(32)33-19-18-25(35)34(44)31(33)39/h2-19,24,26,30H,1,20,44H2/t24-,26-,30-,32-/m1/s1. The fourth-order valence-electron chi connectivity index (χ4n) is 4.77. The number of esters is 3. The van der Waals surface area contributed by atoms with E-state index in [0.29, 0.717) is 0 Å². The van der Waals surface area contributed by atoms with Gasteiger partial charge in [0, 0.05) is 12.3 Å². The van der Waals surface area contributed by atoms with E-state index in [1.54, 1.807) is 66.7 Å². The first-order chi connectivity index (χ1) is 21.2. The van der Waals surface area contributed by atoms with Gasteiger partial charge in [0.2, 0.25) is 5.60 Å². The van der Waals surface area contributed by atoms with Gasteiger partial charge in [-0.05, 0) is 51.9 Å². The summed E-state index contributed by atoms with van der Waals surface area (Å²) in [5.74, 6) is -2.33. The van der Waals surface area contributed by atoms with Crippen LogP contribution >= 0.6 is 9.39 Å². The van der Waals surface area contributed by atoms with Gasteiger partial charge in [-0.15, -0.1) is 0 Å². The minimum Gasteiger partial charge on any atom is -0.459 e. The van der Waals surface area contributed by atoms with E-state index in [9.17, 15) is 24.0 Å². The van der Waals surface area contributed by atoms with E-state index in [1.807, 2.05) is 9.39 Å². The van der Waals surface area contributed by atoms with Crippen molar-refractivity contribution in [3.05, 3.63) is 153 Å². The number of hydrogen-bond donors (Lipinski definition) is 0. The molecule has 1 aliphatic heterocycles. The first-order valence-corrected chi connectivity index (χ1v) is 13.9. The molecule has 1 fully saturated rings. The summed E-state index contributed by atoms with van der Waals surface area (Å²) >= 11 is 0. The van der Waals surface area contributed by atoms with Crippen molar-refractivity contribution >= 4 is 27.3 Å². The highest BCUT2D eigenvalue weighted by atomic mass is 31.0. The highest BCUT2D eigenvalue weighted by molar-refractivity contribution is 7.14. The first-order valence-electron chi connectivity index (χ1n) is 13.4. The maximum absolute atomic E-state index is 13.5. The zero-order valence-corrected chi connectivity index (χ0v) is 24.3. The molecule has 3 aromatic carbocycles. The third kappa shape index (κ3) is 6.01. The maximum atomic E-state index is 13.5. The maximum Gasteiger partial charge on any atom is 0.339 e. The molecule has 0 spiro atoms. The highest BCUT2D eigenvalue weighted by Gasteiger charge is 2.62. The molecule has 5 rings (SSSR count). The summed E-state index contributed by atoms with van der Waals surface area (Å²) in [7, 11) is 2.01. The van der Waals surface area contributed by atoms with Crippen molar-refractivity contribution in [3.63, 3.8) is 0 Å². The second-order valence-corrected chi connectivity index (χ2v) is 10.2. The number of carbonyl (C=O) groups is 3. The topological polar surface area (TPSA) is 132 Å². The molecule has 0 radical (unpaired) electrons. The van der Waals surface area contributed by atoms with Crippen LogP contribution in [0.4, 0.5) is 0 Å². The normalized spacial score (nSPS) is 20.8. The van der Waals surface area contributed by atoms with E-state index in [1.165, 1.54) is 36.5 Å². The molecule has 1 aliphatic rings. The monoisotopic (exact) mass is 614 g/mol. The van der Waals surface area contributed by atoms with E-state index in [-0.39, 0.29) is 16.7 Å². The summed E-state index contributed by atoms with van der Waals surface area (Å²) in [6.45, 7) is 3.40. The van der Waals surface area contributed by atoms with Crippen molar-refractivity contribution in [2.75, 3.05) is 6.61 Å². The third-order valence-corrected chi connectivity index (χ3v) is 7.47. The van der Waals surface area contributed by atoms with Crippen molar-refractivity contribution in [1.29, 1.82) is 0 Å². The summed E-state index contributed by atoms with van der Waals surface area (Å²) in [5.41, 5.74) is -2.92. The van der Waals surface area contributed by atoms with Crippen LogP contribution in [0.3, 0.4) is 0 Å². The number of ether oxygens (including phenoxy) is 4. The molecule has 44 heavy (non-hydrogen) atoms. The number of rotatable bonds is 9. The molecule has 0 bridgehead atoms. The Morgan fingerprint density at radius 1 is 0.818 bits per heavy atom. The van der Waals surface area contributed by atoms with Gasteiger partial charge in [-0.3, -0.25) is 9.36 Å². The van der Waals surface area contributed by atoms with E-state index >= 15 is 0 Å². The molecule has 11 nitrogen and oxygen atoms in total. The van der Waals surface area contributed by atoms with E-state index < -0.39 is 59.8 Å². The lowest BCUT2D eigenvalue weighted by Gasteiger charge is -2.35. The summed E-state index contributed by atoms with van der Waals surface area (Å²) < 4.78 is 25.5. The second kappa shape index (κ2) is 13.0. The average Bonchev–Trinajstić information content (AvgIpc) is 3.35. The molecule has 0 amide bonds. The van der Waals surface area contributed by atoms with Crippen LogP contribution in [0.1, 0.15) is 37.3 Å². The number of aromatic nitrogens is 2. The van der Waals surface area contributed by atoms with Gasteiger partial charge >= 0.3 is 23.6 Å². The SMILES string of the molecule is C=C[C@@]1(OC(=O)c2ccccc2)[C@H](OC(=O)c2ccccc2)[C@@H](COC(=O)c2ccccc2)O[C@H]1n1ccc(=O)n(P)c1=O. The molecule has 1 saturated heterocycles. The van der Waals surface area contributed by atoms with Crippen molar-refractivity contribution in [2.24, 2.45) is 0 Å². The predicted molar refractivity (Wildman–Crippen MR) is 161 cm³/mol. The van der Waals surface area contributed by atoms with Crippen molar-refractivity contribution in [2.45, 2.75) is 24.0 Å². The Morgan fingerprint density at radius 3 is 1.89 bits per heavy atom. The van der Waals surface area contributed by atoms with E-state index in [4.69, 9.17) is 18.9 Å². The minimum atomic E-state index is -2.05. The molecule has 0 N–H and O–H groups in total. The molecule has 1 unspecified atom stereocenters. The fraction of sp³-hybridized carbons (Fsp3) is 0.156.